The van der Waals surface area contributed by atoms with Gasteiger partial charge in [0.2, 0.25) is 0 Å². The van der Waals surface area contributed by atoms with Crippen molar-refractivity contribution in [3.63, 3.8) is 0 Å². The quantitative estimate of drug-likeness (QED) is 0.288. The van der Waals surface area contributed by atoms with Crippen molar-refractivity contribution in [1.29, 1.82) is 0 Å². The van der Waals surface area contributed by atoms with E-state index in [-0.39, 0.29) is 62.0 Å². The third-order valence-electron chi connectivity index (χ3n) is 0.805. The predicted octanol–water partition coefficient (Wildman–Crippen LogP) is -6.01. The zero-order chi connectivity index (χ0) is 8.31. The van der Waals surface area contributed by atoms with Gasteiger partial charge in [-0.15, -0.1) is 0 Å². The molecule has 0 aromatic heterocycles. The standard InChI is InChI=1S/C4H6O4S2.2Na.2H/c5-3(6)1(9)2(10)4(7)8;;;;/h1-2,9-10H,(H,5,6)(H,7,8);;;;/q;2*+1;2*-1. The number of carboxylic acids is 2. The Kier molecular flexibility index (Phi) is 14.8. The molecule has 2 unspecified atom stereocenters. The van der Waals surface area contributed by atoms with Crippen molar-refractivity contribution >= 4 is 37.2 Å². The maximum atomic E-state index is 10.1. The first-order valence-corrected chi connectivity index (χ1v) is 3.32. The first-order chi connectivity index (χ1) is 4.46. The Morgan fingerprint density at radius 1 is 1.00 bits per heavy atom. The predicted molar refractivity (Wildman–Crippen MR) is 43.0 cm³/mol. The van der Waals surface area contributed by atoms with Crippen molar-refractivity contribution in [2.75, 3.05) is 0 Å². The fraction of sp³-hybridized carbons (Fsp3) is 0.500. The van der Waals surface area contributed by atoms with Gasteiger partial charge in [0, 0.05) is 0 Å². The zero-order valence-corrected chi connectivity index (χ0v) is 12.5. The van der Waals surface area contributed by atoms with E-state index in [2.05, 4.69) is 25.3 Å². The van der Waals surface area contributed by atoms with Gasteiger partial charge in [-0.25, -0.2) is 0 Å². The van der Waals surface area contributed by atoms with Crippen molar-refractivity contribution in [2.24, 2.45) is 0 Å². The molecule has 0 saturated carbocycles. The molecule has 2 atom stereocenters. The van der Waals surface area contributed by atoms with E-state index in [4.69, 9.17) is 10.2 Å². The van der Waals surface area contributed by atoms with E-state index in [0.717, 1.165) is 0 Å². The van der Waals surface area contributed by atoms with Crippen LogP contribution in [0.5, 0.6) is 0 Å². The van der Waals surface area contributed by atoms with E-state index >= 15 is 0 Å². The van der Waals surface area contributed by atoms with Crippen LogP contribution in [-0.4, -0.2) is 32.7 Å². The molecule has 8 heteroatoms. The summed E-state index contributed by atoms with van der Waals surface area (Å²) in [7, 11) is 0. The first-order valence-electron chi connectivity index (χ1n) is 2.28. The number of rotatable bonds is 3. The molecule has 0 rings (SSSR count). The normalized spacial score (nSPS) is 13.2. The number of aliphatic carboxylic acids is 2. The molecule has 0 aliphatic carbocycles. The second-order valence-electron chi connectivity index (χ2n) is 1.57. The van der Waals surface area contributed by atoms with Crippen LogP contribution in [0.15, 0.2) is 0 Å². The molecule has 0 bridgehead atoms. The van der Waals surface area contributed by atoms with Gasteiger partial charge in [0.25, 0.3) is 0 Å². The molecule has 0 aromatic rings. The molecule has 2 N–H and O–H groups in total. The van der Waals surface area contributed by atoms with Crippen LogP contribution in [0, 0.1) is 0 Å². The summed E-state index contributed by atoms with van der Waals surface area (Å²) in [4.78, 5) is 20.1. The third kappa shape index (κ3) is 7.08. The molecule has 0 amide bonds. The van der Waals surface area contributed by atoms with Gasteiger partial charge >= 0.3 is 71.1 Å². The Labute approximate surface area is 128 Å². The van der Waals surface area contributed by atoms with Gasteiger partial charge in [-0.3, -0.25) is 9.59 Å². The number of carboxylic acid groups (broad SMARTS) is 2. The van der Waals surface area contributed by atoms with E-state index in [1.807, 2.05) is 0 Å². The van der Waals surface area contributed by atoms with Crippen LogP contribution in [-0.2, 0) is 9.59 Å². The maximum absolute atomic E-state index is 10.1. The molecule has 0 aliphatic heterocycles. The van der Waals surface area contributed by atoms with Crippen LogP contribution in [0.4, 0.5) is 0 Å². The number of carbonyl (C=O) groups is 2. The molecule has 0 spiro atoms. The van der Waals surface area contributed by atoms with E-state index in [9.17, 15) is 9.59 Å². The van der Waals surface area contributed by atoms with Crippen LogP contribution >= 0.6 is 25.3 Å². The SMILES string of the molecule is O=C(O)C(S)C(S)C(=O)O.[H-].[H-].[Na+].[Na+]. The third-order valence-corrected chi connectivity index (χ3v) is 2.08. The first kappa shape index (κ1) is 19.2. The molecular formula is C4H8Na2O4S2. The molecule has 12 heavy (non-hydrogen) atoms. The van der Waals surface area contributed by atoms with Crippen LogP contribution < -0.4 is 59.1 Å². The van der Waals surface area contributed by atoms with Gasteiger partial charge in [-0.1, -0.05) is 0 Å². The van der Waals surface area contributed by atoms with Gasteiger partial charge in [-0.2, -0.15) is 25.3 Å². The molecule has 62 valence electrons. The largest absolute Gasteiger partial charge is 1.00 e. The summed E-state index contributed by atoms with van der Waals surface area (Å²) in [5, 5.41) is 13.9. The van der Waals surface area contributed by atoms with Gasteiger partial charge in [-0.05, 0) is 0 Å². The maximum Gasteiger partial charge on any atom is 1.00 e. The zero-order valence-electron chi connectivity index (χ0n) is 8.76. The summed E-state index contributed by atoms with van der Waals surface area (Å²) < 4.78 is 0. The smallest absolute Gasteiger partial charge is 1.00 e. The van der Waals surface area contributed by atoms with Crippen molar-refractivity contribution < 1.29 is 81.8 Å². The Morgan fingerprint density at radius 3 is 1.25 bits per heavy atom. The summed E-state index contributed by atoms with van der Waals surface area (Å²) >= 11 is 7.00. The van der Waals surface area contributed by atoms with Gasteiger partial charge in [0.1, 0.15) is 10.5 Å². The molecule has 0 fully saturated rings. The van der Waals surface area contributed by atoms with E-state index in [1.54, 1.807) is 0 Å². The second kappa shape index (κ2) is 9.21. The minimum Gasteiger partial charge on any atom is -1.00 e. The fourth-order valence-corrected chi connectivity index (χ4v) is 0.525. The average Bonchev–Trinajstić information content (AvgIpc) is 1.84. The molecule has 0 radical (unpaired) electrons. The number of hydrogen-bond donors (Lipinski definition) is 4. The summed E-state index contributed by atoms with van der Waals surface area (Å²) in [6.07, 6.45) is 0. The summed E-state index contributed by atoms with van der Waals surface area (Å²) in [6.45, 7) is 0. The van der Waals surface area contributed by atoms with E-state index in [0.29, 0.717) is 0 Å². The van der Waals surface area contributed by atoms with Gasteiger partial charge in [0.05, 0.1) is 0 Å². The molecule has 0 aliphatic rings. The van der Waals surface area contributed by atoms with Gasteiger partial charge in [0.15, 0.2) is 0 Å². The molecule has 0 saturated heterocycles. The molecular weight excluding hydrogens is 222 g/mol. The van der Waals surface area contributed by atoms with Crippen LogP contribution in [0.3, 0.4) is 0 Å². The van der Waals surface area contributed by atoms with E-state index < -0.39 is 22.4 Å². The number of hydrogen-bond acceptors (Lipinski definition) is 4. The van der Waals surface area contributed by atoms with Crippen LogP contribution in [0.1, 0.15) is 2.85 Å². The van der Waals surface area contributed by atoms with Crippen molar-refractivity contribution in [2.45, 2.75) is 10.5 Å². The second-order valence-corrected chi connectivity index (χ2v) is 2.68. The Morgan fingerprint density at radius 2 is 1.17 bits per heavy atom. The molecule has 0 heterocycles. The van der Waals surface area contributed by atoms with Crippen molar-refractivity contribution in [1.82, 2.24) is 0 Å². The summed E-state index contributed by atoms with van der Waals surface area (Å²) in [5.41, 5.74) is 0. The Balaban J connectivity index is -0.0000000675. The molecule has 4 nitrogen and oxygen atoms in total. The van der Waals surface area contributed by atoms with E-state index in [1.165, 1.54) is 0 Å². The number of thiol groups is 2. The topological polar surface area (TPSA) is 74.6 Å². The monoisotopic (exact) mass is 230 g/mol. The fourth-order valence-electron chi connectivity index (χ4n) is 0.270. The summed E-state index contributed by atoms with van der Waals surface area (Å²) in [6, 6.07) is 0. The Bertz CT molecular complexity index is 155. The summed E-state index contributed by atoms with van der Waals surface area (Å²) in [5.74, 6) is -2.57. The molecule has 0 aromatic carbocycles. The minimum absolute atomic E-state index is 0. The van der Waals surface area contributed by atoms with Crippen molar-refractivity contribution in [3.05, 3.63) is 0 Å². The minimum atomic E-state index is -1.29. The average molecular weight is 230 g/mol. The van der Waals surface area contributed by atoms with Crippen LogP contribution in [0.25, 0.3) is 0 Å². The van der Waals surface area contributed by atoms with Crippen LogP contribution in [0.2, 0.25) is 0 Å². The van der Waals surface area contributed by atoms with Crippen molar-refractivity contribution in [3.8, 4) is 0 Å². The van der Waals surface area contributed by atoms with Gasteiger partial charge < -0.3 is 13.1 Å². The Hall–Kier alpha value is 1.64.